The number of hydrogen-bond acceptors (Lipinski definition) is 3. The highest BCUT2D eigenvalue weighted by atomic mass is 32.1. The van der Waals surface area contributed by atoms with E-state index in [-0.39, 0.29) is 6.10 Å². The predicted molar refractivity (Wildman–Crippen MR) is 57.2 cm³/mol. The molecule has 2 N–H and O–H groups in total. The molecule has 0 amide bonds. The lowest BCUT2D eigenvalue weighted by Gasteiger charge is -2.08. The van der Waals surface area contributed by atoms with Gasteiger partial charge in [0.2, 0.25) is 0 Å². The van der Waals surface area contributed by atoms with E-state index in [1.54, 1.807) is 11.3 Å². The third kappa shape index (κ3) is 4.41. The van der Waals surface area contributed by atoms with Crippen LogP contribution in [0.5, 0.6) is 0 Å². The van der Waals surface area contributed by atoms with Crippen LogP contribution in [0.1, 0.15) is 18.2 Å². The first-order valence-corrected chi connectivity index (χ1v) is 5.62. The highest BCUT2D eigenvalue weighted by molar-refractivity contribution is 7.09. The van der Waals surface area contributed by atoms with E-state index >= 15 is 0 Å². The van der Waals surface area contributed by atoms with Gasteiger partial charge in [-0.1, -0.05) is 13.0 Å². The second-order valence-electron chi connectivity index (χ2n) is 3.10. The molecule has 0 saturated carbocycles. The van der Waals surface area contributed by atoms with Gasteiger partial charge in [-0.25, -0.2) is 0 Å². The molecule has 3 heteroatoms. The van der Waals surface area contributed by atoms with E-state index in [4.69, 9.17) is 0 Å². The Morgan fingerprint density at radius 3 is 3.08 bits per heavy atom. The molecule has 0 saturated heterocycles. The first-order valence-electron chi connectivity index (χ1n) is 4.74. The van der Waals surface area contributed by atoms with Crippen molar-refractivity contribution in [2.45, 2.75) is 25.9 Å². The number of rotatable bonds is 6. The quantitative estimate of drug-likeness (QED) is 0.683. The minimum Gasteiger partial charge on any atom is -0.392 e. The number of aliphatic hydroxyl groups is 1. The van der Waals surface area contributed by atoms with Crippen molar-refractivity contribution >= 4 is 11.3 Å². The molecule has 13 heavy (non-hydrogen) atoms. The Bertz CT molecular complexity index is 211. The Kier molecular flexibility index (Phi) is 5.05. The minimum atomic E-state index is -0.191. The molecule has 0 aliphatic rings. The number of thiophene rings is 1. The summed E-state index contributed by atoms with van der Waals surface area (Å²) in [6, 6.07) is 4.21. The van der Waals surface area contributed by atoms with Crippen LogP contribution >= 0.6 is 11.3 Å². The second kappa shape index (κ2) is 6.13. The van der Waals surface area contributed by atoms with Gasteiger partial charge < -0.3 is 10.4 Å². The van der Waals surface area contributed by atoms with Crippen molar-refractivity contribution in [2.75, 3.05) is 13.1 Å². The van der Waals surface area contributed by atoms with Crippen LogP contribution < -0.4 is 5.32 Å². The van der Waals surface area contributed by atoms with Crippen molar-refractivity contribution in [1.29, 1.82) is 0 Å². The van der Waals surface area contributed by atoms with E-state index < -0.39 is 0 Å². The van der Waals surface area contributed by atoms with Gasteiger partial charge in [-0.3, -0.25) is 0 Å². The van der Waals surface area contributed by atoms with Crippen molar-refractivity contribution in [1.82, 2.24) is 5.32 Å². The van der Waals surface area contributed by atoms with E-state index in [1.165, 1.54) is 4.88 Å². The van der Waals surface area contributed by atoms with Gasteiger partial charge in [0, 0.05) is 18.0 Å². The molecule has 0 radical (unpaired) electrons. The van der Waals surface area contributed by atoms with Crippen LogP contribution in [-0.2, 0) is 6.42 Å². The Hall–Kier alpha value is -0.380. The fourth-order valence-corrected chi connectivity index (χ4v) is 1.79. The average molecular weight is 199 g/mol. The van der Waals surface area contributed by atoms with Crippen molar-refractivity contribution < 1.29 is 5.11 Å². The van der Waals surface area contributed by atoms with Gasteiger partial charge in [0.15, 0.2) is 0 Å². The second-order valence-corrected chi connectivity index (χ2v) is 4.13. The number of nitrogens with one attached hydrogen (secondary N) is 1. The molecule has 0 aromatic carbocycles. The summed E-state index contributed by atoms with van der Waals surface area (Å²) in [6.07, 6.45) is 1.70. The third-order valence-corrected chi connectivity index (χ3v) is 2.92. The van der Waals surface area contributed by atoms with Gasteiger partial charge in [-0.2, -0.15) is 0 Å². The van der Waals surface area contributed by atoms with Gasteiger partial charge in [0.05, 0.1) is 6.10 Å². The van der Waals surface area contributed by atoms with Crippen LogP contribution in [0.15, 0.2) is 17.5 Å². The molecule has 1 heterocycles. The highest BCUT2D eigenvalue weighted by Crippen LogP contribution is 2.07. The van der Waals surface area contributed by atoms with Crippen molar-refractivity contribution in [3.63, 3.8) is 0 Å². The van der Waals surface area contributed by atoms with Crippen molar-refractivity contribution in [3.05, 3.63) is 22.4 Å². The zero-order valence-electron chi connectivity index (χ0n) is 7.99. The summed E-state index contributed by atoms with van der Waals surface area (Å²) in [5, 5.41) is 14.6. The summed E-state index contributed by atoms with van der Waals surface area (Å²) in [6.45, 7) is 3.66. The zero-order valence-corrected chi connectivity index (χ0v) is 8.81. The molecule has 0 aliphatic carbocycles. The Balaban J connectivity index is 2.02. The van der Waals surface area contributed by atoms with E-state index in [0.29, 0.717) is 6.54 Å². The van der Waals surface area contributed by atoms with Gasteiger partial charge in [-0.05, 0) is 24.3 Å². The van der Waals surface area contributed by atoms with Crippen LogP contribution in [-0.4, -0.2) is 24.3 Å². The van der Waals surface area contributed by atoms with Crippen LogP contribution in [0.4, 0.5) is 0 Å². The summed E-state index contributed by atoms with van der Waals surface area (Å²) < 4.78 is 0. The molecule has 0 fully saturated rings. The van der Waals surface area contributed by atoms with Crippen LogP contribution in [0.25, 0.3) is 0 Å². The number of aliphatic hydroxyl groups excluding tert-OH is 1. The monoisotopic (exact) mass is 199 g/mol. The molecule has 1 unspecified atom stereocenters. The lowest BCUT2D eigenvalue weighted by molar-refractivity contribution is 0.168. The van der Waals surface area contributed by atoms with E-state index in [2.05, 4.69) is 22.8 Å². The van der Waals surface area contributed by atoms with E-state index in [1.807, 2.05) is 6.92 Å². The molecule has 0 bridgehead atoms. The van der Waals surface area contributed by atoms with Gasteiger partial charge in [-0.15, -0.1) is 11.3 Å². The summed E-state index contributed by atoms with van der Waals surface area (Å²) in [5.74, 6) is 0. The summed E-state index contributed by atoms with van der Waals surface area (Å²) >= 11 is 1.79. The Morgan fingerprint density at radius 1 is 1.62 bits per heavy atom. The topological polar surface area (TPSA) is 32.3 Å². The standard InChI is InChI=1S/C10H17NOS/c1-2-9(12)8-11-6-5-10-4-3-7-13-10/h3-4,7,9,11-12H,2,5-6,8H2,1H3. The van der Waals surface area contributed by atoms with E-state index in [0.717, 1.165) is 19.4 Å². The first-order chi connectivity index (χ1) is 6.33. The lowest BCUT2D eigenvalue weighted by Crippen LogP contribution is -2.27. The summed E-state index contributed by atoms with van der Waals surface area (Å²) in [4.78, 5) is 1.40. The van der Waals surface area contributed by atoms with Gasteiger partial charge in [0.25, 0.3) is 0 Å². The highest BCUT2D eigenvalue weighted by Gasteiger charge is 1.99. The Labute approximate surface area is 83.6 Å². The number of hydrogen-bond donors (Lipinski definition) is 2. The molecular formula is C10H17NOS. The minimum absolute atomic E-state index is 0.191. The maximum atomic E-state index is 9.26. The van der Waals surface area contributed by atoms with Crippen LogP contribution in [0, 0.1) is 0 Å². The van der Waals surface area contributed by atoms with Gasteiger partial charge >= 0.3 is 0 Å². The SMILES string of the molecule is CCC(O)CNCCc1cccs1. The van der Waals surface area contributed by atoms with Crippen LogP contribution in [0.3, 0.4) is 0 Å². The maximum Gasteiger partial charge on any atom is 0.0662 e. The fraction of sp³-hybridized carbons (Fsp3) is 0.600. The summed E-state index contributed by atoms with van der Waals surface area (Å²) in [5.41, 5.74) is 0. The fourth-order valence-electron chi connectivity index (χ4n) is 1.08. The molecule has 1 aromatic rings. The maximum absolute atomic E-state index is 9.26. The molecule has 1 aromatic heterocycles. The van der Waals surface area contributed by atoms with E-state index in [9.17, 15) is 5.11 Å². The third-order valence-electron chi connectivity index (χ3n) is 1.98. The molecule has 1 rings (SSSR count). The lowest BCUT2D eigenvalue weighted by atomic mass is 10.3. The van der Waals surface area contributed by atoms with Crippen molar-refractivity contribution in [2.24, 2.45) is 0 Å². The summed E-state index contributed by atoms with van der Waals surface area (Å²) in [7, 11) is 0. The molecular weight excluding hydrogens is 182 g/mol. The molecule has 74 valence electrons. The molecule has 0 aliphatic heterocycles. The van der Waals surface area contributed by atoms with Crippen molar-refractivity contribution in [3.8, 4) is 0 Å². The first kappa shape index (κ1) is 10.7. The molecule has 2 nitrogen and oxygen atoms in total. The normalized spacial score (nSPS) is 13.1. The zero-order chi connectivity index (χ0) is 9.52. The van der Waals surface area contributed by atoms with Crippen LogP contribution in [0.2, 0.25) is 0 Å². The Morgan fingerprint density at radius 2 is 2.46 bits per heavy atom. The predicted octanol–water partition coefficient (Wildman–Crippen LogP) is 1.65. The largest absolute Gasteiger partial charge is 0.392 e. The molecule has 1 atom stereocenters. The molecule has 0 spiro atoms. The average Bonchev–Trinajstić information content (AvgIpc) is 2.64. The smallest absolute Gasteiger partial charge is 0.0662 e. The van der Waals surface area contributed by atoms with Gasteiger partial charge in [0.1, 0.15) is 0 Å².